The number of nitrogens with zero attached hydrogens (tertiary/aromatic N) is 2. The van der Waals surface area contributed by atoms with Gasteiger partial charge in [-0.1, -0.05) is 61.0 Å². The van der Waals surface area contributed by atoms with Gasteiger partial charge in [0.15, 0.2) is 0 Å². The van der Waals surface area contributed by atoms with Crippen molar-refractivity contribution in [1.29, 1.82) is 0 Å². The second-order valence-corrected chi connectivity index (χ2v) is 7.47. The molecule has 4 rings (SSSR count). The van der Waals surface area contributed by atoms with Crippen molar-refractivity contribution in [2.75, 3.05) is 6.54 Å². The van der Waals surface area contributed by atoms with Crippen molar-refractivity contribution in [3.63, 3.8) is 0 Å². The normalized spacial score (nSPS) is 17.8. The van der Waals surface area contributed by atoms with Gasteiger partial charge in [-0.3, -0.25) is 4.90 Å². The van der Waals surface area contributed by atoms with Crippen LogP contribution in [0.4, 0.5) is 0 Å². The zero-order valence-corrected chi connectivity index (χ0v) is 15.8. The Kier molecular flexibility index (Phi) is 4.58. The number of rotatable bonds is 4. The maximum Gasteiger partial charge on any atom is 0.0675 e. The van der Waals surface area contributed by atoms with Crippen LogP contribution >= 0.6 is 11.6 Å². The molecule has 2 nitrogen and oxygen atoms in total. The molecule has 0 bridgehead atoms. The van der Waals surface area contributed by atoms with Crippen LogP contribution < -0.4 is 0 Å². The number of likely N-dealkylation sites (N-methyl/N-ethyl adjacent to an activating group) is 1. The Labute approximate surface area is 155 Å². The highest BCUT2D eigenvalue weighted by atomic mass is 35.5. The van der Waals surface area contributed by atoms with Crippen molar-refractivity contribution in [3.8, 4) is 0 Å². The van der Waals surface area contributed by atoms with E-state index in [2.05, 4.69) is 65.8 Å². The van der Waals surface area contributed by atoms with Crippen LogP contribution in [0, 0.1) is 0 Å². The summed E-state index contributed by atoms with van der Waals surface area (Å²) in [6, 6.07) is 17.7. The average molecular weight is 353 g/mol. The lowest BCUT2D eigenvalue weighted by molar-refractivity contribution is 0.192. The van der Waals surface area contributed by atoms with Gasteiger partial charge in [0, 0.05) is 36.6 Å². The summed E-state index contributed by atoms with van der Waals surface area (Å²) in [6.45, 7) is 7.70. The molecule has 0 N–H and O–H groups in total. The third kappa shape index (κ3) is 2.98. The summed E-state index contributed by atoms with van der Waals surface area (Å²) in [5.41, 5.74) is 5.56. The number of para-hydroxylation sites is 1. The summed E-state index contributed by atoms with van der Waals surface area (Å²) in [4.78, 5) is 2.56. The number of benzene rings is 2. The second kappa shape index (κ2) is 6.86. The van der Waals surface area contributed by atoms with Gasteiger partial charge in [-0.2, -0.15) is 0 Å². The van der Waals surface area contributed by atoms with Crippen LogP contribution in [0.2, 0.25) is 5.02 Å². The highest BCUT2D eigenvalue weighted by molar-refractivity contribution is 6.35. The Balaban J connectivity index is 1.79. The van der Waals surface area contributed by atoms with Gasteiger partial charge in [0.1, 0.15) is 0 Å². The molecule has 2 aromatic carbocycles. The van der Waals surface area contributed by atoms with E-state index in [-0.39, 0.29) is 0 Å². The molecule has 3 aromatic rings. The molecule has 1 unspecified atom stereocenters. The Hall–Kier alpha value is -1.77. The van der Waals surface area contributed by atoms with Gasteiger partial charge in [0.2, 0.25) is 0 Å². The highest BCUT2D eigenvalue weighted by Crippen LogP contribution is 2.36. The monoisotopic (exact) mass is 352 g/mol. The Morgan fingerprint density at radius 3 is 2.64 bits per heavy atom. The van der Waals surface area contributed by atoms with Gasteiger partial charge in [0.25, 0.3) is 0 Å². The Morgan fingerprint density at radius 2 is 1.88 bits per heavy atom. The minimum Gasteiger partial charge on any atom is -0.343 e. The third-order valence-corrected chi connectivity index (χ3v) is 5.91. The van der Waals surface area contributed by atoms with Crippen LogP contribution in [0.1, 0.15) is 30.7 Å². The smallest absolute Gasteiger partial charge is 0.0675 e. The van der Waals surface area contributed by atoms with E-state index in [0.29, 0.717) is 6.04 Å². The summed E-state index contributed by atoms with van der Waals surface area (Å²) in [5, 5.41) is 2.21. The molecule has 1 aliphatic rings. The number of halogens is 1. The zero-order chi connectivity index (χ0) is 17.4. The van der Waals surface area contributed by atoms with Gasteiger partial charge < -0.3 is 4.57 Å². The molecular formula is C22H25ClN2. The summed E-state index contributed by atoms with van der Waals surface area (Å²) in [6.07, 6.45) is 2.14. The first kappa shape index (κ1) is 16.7. The van der Waals surface area contributed by atoms with Crippen molar-refractivity contribution in [2.45, 2.75) is 45.8 Å². The van der Waals surface area contributed by atoms with E-state index >= 15 is 0 Å². The second-order valence-electron chi connectivity index (χ2n) is 7.06. The van der Waals surface area contributed by atoms with Crippen LogP contribution in [0.5, 0.6) is 0 Å². The van der Waals surface area contributed by atoms with E-state index < -0.39 is 0 Å². The van der Waals surface area contributed by atoms with E-state index in [0.717, 1.165) is 37.5 Å². The van der Waals surface area contributed by atoms with Crippen molar-refractivity contribution < 1.29 is 0 Å². The fourth-order valence-corrected chi connectivity index (χ4v) is 4.50. The van der Waals surface area contributed by atoms with Crippen LogP contribution in [-0.2, 0) is 25.9 Å². The molecule has 1 aromatic heterocycles. The molecule has 1 atom stereocenters. The molecular weight excluding hydrogens is 328 g/mol. The molecule has 0 saturated heterocycles. The van der Waals surface area contributed by atoms with Gasteiger partial charge in [-0.15, -0.1) is 0 Å². The lowest BCUT2D eigenvalue weighted by Gasteiger charge is -2.33. The molecule has 0 spiro atoms. The number of aryl methyl sites for hydroxylation is 2. The first-order valence-corrected chi connectivity index (χ1v) is 9.63. The highest BCUT2D eigenvalue weighted by Gasteiger charge is 2.28. The van der Waals surface area contributed by atoms with Crippen LogP contribution in [0.15, 0.2) is 48.5 Å². The van der Waals surface area contributed by atoms with Crippen molar-refractivity contribution >= 4 is 22.5 Å². The van der Waals surface area contributed by atoms with Crippen LogP contribution in [0.25, 0.3) is 10.9 Å². The van der Waals surface area contributed by atoms with Gasteiger partial charge >= 0.3 is 0 Å². The van der Waals surface area contributed by atoms with E-state index in [1.807, 2.05) is 6.07 Å². The third-order valence-electron chi connectivity index (χ3n) is 5.60. The lowest BCUT2D eigenvalue weighted by Crippen LogP contribution is -2.38. The first-order chi connectivity index (χ1) is 12.2. The van der Waals surface area contributed by atoms with Crippen molar-refractivity contribution in [1.82, 2.24) is 9.47 Å². The van der Waals surface area contributed by atoms with Crippen LogP contribution in [-0.4, -0.2) is 22.1 Å². The molecule has 0 amide bonds. The van der Waals surface area contributed by atoms with Crippen LogP contribution in [0.3, 0.4) is 0 Å². The number of fused-ring (bicyclic) bond motifs is 3. The lowest BCUT2D eigenvalue weighted by atomic mass is 9.99. The molecule has 0 saturated carbocycles. The largest absolute Gasteiger partial charge is 0.343 e. The minimum atomic E-state index is 0.580. The molecule has 25 heavy (non-hydrogen) atoms. The fourth-order valence-electron chi connectivity index (χ4n) is 4.22. The molecule has 2 heterocycles. The standard InChI is InChI=1S/C22H25ClN2/c1-3-24-15-19-18-10-7-11-20(23)22(18)25(21(19)14-16(24)2)13-12-17-8-5-4-6-9-17/h4-11,16H,3,12-15H2,1-2H3. The van der Waals surface area contributed by atoms with Crippen molar-refractivity contribution in [2.24, 2.45) is 0 Å². The molecule has 130 valence electrons. The van der Waals surface area contributed by atoms with E-state index in [1.54, 1.807) is 0 Å². The summed E-state index contributed by atoms with van der Waals surface area (Å²) >= 11 is 6.64. The van der Waals surface area contributed by atoms with Gasteiger partial charge in [0.05, 0.1) is 10.5 Å². The number of aromatic nitrogens is 1. The maximum atomic E-state index is 6.64. The minimum absolute atomic E-state index is 0.580. The summed E-state index contributed by atoms with van der Waals surface area (Å²) in [5.74, 6) is 0. The molecule has 0 fully saturated rings. The topological polar surface area (TPSA) is 8.17 Å². The van der Waals surface area contributed by atoms with E-state index in [4.69, 9.17) is 11.6 Å². The van der Waals surface area contributed by atoms with E-state index in [1.165, 1.54) is 27.7 Å². The number of hydrogen-bond donors (Lipinski definition) is 0. The van der Waals surface area contributed by atoms with Gasteiger partial charge in [-0.25, -0.2) is 0 Å². The SMILES string of the molecule is CCN1Cc2c(n(CCc3ccccc3)c3c(Cl)cccc23)CC1C. The Morgan fingerprint density at radius 1 is 1.08 bits per heavy atom. The summed E-state index contributed by atoms with van der Waals surface area (Å²) in [7, 11) is 0. The molecule has 3 heteroatoms. The number of hydrogen-bond acceptors (Lipinski definition) is 1. The van der Waals surface area contributed by atoms with Gasteiger partial charge in [-0.05, 0) is 37.1 Å². The van der Waals surface area contributed by atoms with Crippen molar-refractivity contribution in [3.05, 3.63) is 70.4 Å². The fraction of sp³-hybridized carbons (Fsp3) is 0.364. The summed E-state index contributed by atoms with van der Waals surface area (Å²) < 4.78 is 2.49. The Bertz CT molecular complexity index is 882. The average Bonchev–Trinajstić information content (AvgIpc) is 2.94. The predicted octanol–water partition coefficient (Wildman–Crippen LogP) is 5.30. The zero-order valence-electron chi connectivity index (χ0n) is 15.0. The maximum absolute atomic E-state index is 6.64. The predicted molar refractivity (Wildman–Crippen MR) is 106 cm³/mol. The molecule has 0 aliphatic carbocycles. The molecule has 0 radical (unpaired) electrons. The molecule has 1 aliphatic heterocycles. The quantitative estimate of drug-likeness (QED) is 0.618. The van der Waals surface area contributed by atoms with E-state index in [9.17, 15) is 0 Å². The first-order valence-electron chi connectivity index (χ1n) is 9.25.